The molecule has 1 rings (SSSR count). The number of unbranched alkanes of at least 4 members (excludes halogenated alkanes) is 6. The van der Waals surface area contributed by atoms with Crippen LogP contribution in [0.4, 0.5) is 0 Å². The zero-order valence-electron chi connectivity index (χ0n) is 14.1. The van der Waals surface area contributed by atoms with Gasteiger partial charge in [-0.2, -0.15) is 0 Å². The molecule has 1 aliphatic rings. The first-order valence-corrected chi connectivity index (χ1v) is 8.95. The molecule has 0 aromatic heterocycles. The summed E-state index contributed by atoms with van der Waals surface area (Å²) in [4.78, 5) is 0. The fourth-order valence-electron chi connectivity index (χ4n) is 3.80. The highest BCUT2D eigenvalue weighted by atomic mass is 16.5. The van der Waals surface area contributed by atoms with Crippen molar-refractivity contribution < 1.29 is 4.74 Å². The van der Waals surface area contributed by atoms with Crippen molar-refractivity contribution in [3.63, 3.8) is 0 Å². The molecule has 2 heteroatoms. The van der Waals surface area contributed by atoms with E-state index in [2.05, 4.69) is 13.8 Å². The normalized spacial score (nSPS) is 28.5. The fourth-order valence-corrected chi connectivity index (χ4v) is 3.80. The molecular weight excluding hydrogens is 246 g/mol. The molecule has 0 amide bonds. The molecule has 1 saturated carbocycles. The molecule has 0 aromatic carbocycles. The Bertz CT molecular complexity index is 244. The summed E-state index contributed by atoms with van der Waals surface area (Å²) in [5.41, 5.74) is 6.47. The number of hydrogen-bond donors (Lipinski definition) is 1. The van der Waals surface area contributed by atoms with Crippen LogP contribution in [-0.4, -0.2) is 18.8 Å². The van der Waals surface area contributed by atoms with Crippen LogP contribution in [0.3, 0.4) is 0 Å². The van der Waals surface area contributed by atoms with Crippen LogP contribution in [0.25, 0.3) is 0 Å². The molecule has 2 N–H and O–H groups in total. The van der Waals surface area contributed by atoms with Crippen LogP contribution in [0.5, 0.6) is 0 Å². The Kier molecular flexibility index (Phi) is 8.79. The Morgan fingerprint density at radius 2 is 1.80 bits per heavy atom. The Hall–Kier alpha value is -0.0800. The number of nitrogens with two attached hydrogens (primary N) is 1. The first-order chi connectivity index (χ1) is 9.64. The van der Waals surface area contributed by atoms with E-state index in [4.69, 9.17) is 10.5 Å². The van der Waals surface area contributed by atoms with Gasteiger partial charge in [0.1, 0.15) is 0 Å². The van der Waals surface area contributed by atoms with Crippen molar-refractivity contribution in [2.75, 3.05) is 7.11 Å². The fraction of sp³-hybridized carbons (Fsp3) is 1.00. The van der Waals surface area contributed by atoms with Crippen molar-refractivity contribution in [3.05, 3.63) is 0 Å². The van der Waals surface area contributed by atoms with Crippen LogP contribution in [-0.2, 0) is 4.74 Å². The lowest BCUT2D eigenvalue weighted by Crippen LogP contribution is -2.52. The van der Waals surface area contributed by atoms with Gasteiger partial charge in [-0.1, -0.05) is 71.6 Å². The lowest BCUT2D eigenvalue weighted by Gasteiger charge is -2.43. The molecule has 3 unspecified atom stereocenters. The van der Waals surface area contributed by atoms with Crippen LogP contribution < -0.4 is 5.73 Å². The molecule has 0 saturated heterocycles. The monoisotopic (exact) mass is 283 g/mol. The maximum absolute atomic E-state index is 6.49. The predicted octanol–water partition coefficient (Wildman–Crippen LogP) is 5.05. The zero-order valence-corrected chi connectivity index (χ0v) is 14.1. The van der Waals surface area contributed by atoms with E-state index in [0.717, 1.165) is 25.2 Å². The van der Waals surface area contributed by atoms with Crippen LogP contribution in [0, 0.1) is 5.92 Å². The second-order valence-electron chi connectivity index (χ2n) is 6.99. The maximum Gasteiger partial charge on any atom is 0.0831 e. The predicted molar refractivity (Wildman–Crippen MR) is 88.0 cm³/mol. The van der Waals surface area contributed by atoms with Crippen molar-refractivity contribution in [2.24, 2.45) is 11.7 Å². The maximum atomic E-state index is 6.49. The van der Waals surface area contributed by atoms with Crippen molar-refractivity contribution >= 4 is 0 Å². The molecule has 0 radical (unpaired) electrons. The highest BCUT2D eigenvalue weighted by Crippen LogP contribution is 2.37. The van der Waals surface area contributed by atoms with Gasteiger partial charge in [-0.3, -0.25) is 0 Å². The standard InChI is InChI=1S/C18H37NO/c1-4-5-6-7-8-9-10-13-17(19)18(20-3)14-11-12-16(2)15-18/h16-17H,4-15,19H2,1-3H3. The van der Waals surface area contributed by atoms with Gasteiger partial charge >= 0.3 is 0 Å². The third-order valence-electron chi connectivity index (χ3n) is 5.19. The van der Waals surface area contributed by atoms with Crippen LogP contribution in [0.1, 0.15) is 90.9 Å². The van der Waals surface area contributed by atoms with E-state index < -0.39 is 0 Å². The molecular formula is C18H37NO. The highest BCUT2D eigenvalue weighted by molar-refractivity contribution is 4.95. The summed E-state index contributed by atoms with van der Waals surface area (Å²) in [6.45, 7) is 4.61. The first-order valence-electron chi connectivity index (χ1n) is 8.95. The van der Waals surface area contributed by atoms with Crippen molar-refractivity contribution in [3.8, 4) is 0 Å². The van der Waals surface area contributed by atoms with Gasteiger partial charge in [-0.05, 0) is 25.2 Å². The third-order valence-corrected chi connectivity index (χ3v) is 5.19. The van der Waals surface area contributed by atoms with E-state index in [1.807, 2.05) is 7.11 Å². The van der Waals surface area contributed by atoms with E-state index in [1.54, 1.807) is 0 Å². The number of rotatable bonds is 10. The van der Waals surface area contributed by atoms with Gasteiger partial charge in [0.15, 0.2) is 0 Å². The minimum absolute atomic E-state index is 0.0279. The van der Waals surface area contributed by atoms with Gasteiger partial charge < -0.3 is 10.5 Å². The summed E-state index contributed by atoms with van der Waals surface area (Å²) in [5, 5.41) is 0. The van der Waals surface area contributed by atoms with E-state index in [9.17, 15) is 0 Å². The Balaban J connectivity index is 2.21. The van der Waals surface area contributed by atoms with Crippen LogP contribution in [0.15, 0.2) is 0 Å². The second kappa shape index (κ2) is 9.78. The summed E-state index contributed by atoms with van der Waals surface area (Å²) in [6, 6.07) is 0.228. The molecule has 3 atom stereocenters. The summed E-state index contributed by atoms with van der Waals surface area (Å²) in [5.74, 6) is 0.767. The SMILES string of the molecule is CCCCCCCCCC(N)C1(OC)CCCC(C)C1. The molecule has 0 bridgehead atoms. The molecule has 0 aromatic rings. The van der Waals surface area contributed by atoms with Gasteiger partial charge in [-0.15, -0.1) is 0 Å². The Labute approximate surface area is 126 Å². The molecule has 120 valence electrons. The highest BCUT2D eigenvalue weighted by Gasteiger charge is 2.39. The summed E-state index contributed by atoms with van der Waals surface area (Å²) in [7, 11) is 1.86. The topological polar surface area (TPSA) is 35.2 Å². The third kappa shape index (κ3) is 5.73. The number of methoxy groups -OCH3 is 1. The minimum Gasteiger partial charge on any atom is -0.377 e. The Morgan fingerprint density at radius 3 is 2.40 bits per heavy atom. The molecule has 20 heavy (non-hydrogen) atoms. The first kappa shape index (κ1) is 18.0. The molecule has 1 aliphatic carbocycles. The molecule has 0 aliphatic heterocycles. The largest absolute Gasteiger partial charge is 0.377 e. The Morgan fingerprint density at radius 1 is 1.15 bits per heavy atom. The average Bonchev–Trinajstić information content (AvgIpc) is 2.46. The number of hydrogen-bond acceptors (Lipinski definition) is 2. The van der Waals surface area contributed by atoms with Crippen molar-refractivity contribution in [1.29, 1.82) is 0 Å². The quantitative estimate of drug-likeness (QED) is 0.569. The van der Waals surface area contributed by atoms with Crippen LogP contribution in [0.2, 0.25) is 0 Å². The smallest absolute Gasteiger partial charge is 0.0831 e. The lowest BCUT2D eigenvalue weighted by molar-refractivity contribution is -0.0726. The lowest BCUT2D eigenvalue weighted by atomic mass is 9.73. The average molecular weight is 284 g/mol. The van der Waals surface area contributed by atoms with Crippen molar-refractivity contribution in [1.82, 2.24) is 0 Å². The molecule has 0 heterocycles. The molecule has 0 spiro atoms. The van der Waals surface area contributed by atoms with Gasteiger partial charge in [0.25, 0.3) is 0 Å². The van der Waals surface area contributed by atoms with E-state index in [-0.39, 0.29) is 11.6 Å². The minimum atomic E-state index is -0.0279. The van der Waals surface area contributed by atoms with Crippen molar-refractivity contribution in [2.45, 2.75) is 103 Å². The molecule has 1 fully saturated rings. The van der Waals surface area contributed by atoms with Gasteiger partial charge in [0.2, 0.25) is 0 Å². The van der Waals surface area contributed by atoms with E-state index in [1.165, 1.54) is 57.8 Å². The van der Waals surface area contributed by atoms with Crippen LogP contribution >= 0.6 is 0 Å². The molecule has 2 nitrogen and oxygen atoms in total. The summed E-state index contributed by atoms with van der Waals surface area (Å²) < 4.78 is 5.90. The summed E-state index contributed by atoms with van der Waals surface area (Å²) >= 11 is 0. The number of ether oxygens (including phenoxy) is 1. The van der Waals surface area contributed by atoms with E-state index >= 15 is 0 Å². The zero-order chi connectivity index (χ0) is 14.8. The van der Waals surface area contributed by atoms with Gasteiger partial charge in [0.05, 0.1) is 5.60 Å². The van der Waals surface area contributed by atoms with Gasteiger partial charge in [0, 0.05) is 13.2 Å². The summed E-state index contributed by atoms with van der Waals surface area (Å²) in [6.07, 6.45) is 15.6. The second-order valence-corrected chi connectivity index (χ2v) is 6.99. The van der Waals surface area contributed by atoms with E-state index in [0.29, 0.717) is 0 Å². The van der Waals surface area contributed by atoms with Gasteiger partial charge in [-0.25, -0.2) is 0 Å².